The first-order chi connectivity index (χ1) is 10.3. The fourth-order valence-corrected chi connectivity index (χ4v) is 2.66. The summed E-state index contributed by atoms with van der Waals surface area (Å²) < 4.78 is 5.16. The van der Waals surface area contributed by atoms with Crippen molar-refractivity contribution in [1.82, 2.24) is 15.0 Å². The number of fused-ring (bicyclic) bond motifs is 1. The van der Waals surface area contributed by atoms with Crippen LogP contribution in [0.25, 0.3) is 11.5 Å². The molecule has 0 spiro atoms. The zero-order chi connectivity index (χ0) is 14.7. The van der Waals surface area contributed by atoms with Crippen LogP contribution in [0.5, 0.6) is 5.88 Å². The first-order valence-electron chi connectivity index (χ1n) is 7.19. The summed E-state index contributed by atoms with van der Waals surface area (Å²) in [5.41, 5.74) is 5.62. The number of nitrogens with one attached hydrogen (secondary N) is 1. The molecule has 6 nitrogen and oxygen atoms in total. The minimum absolute atomic E-state index is 0.549. The number of methoxy groups -OCH3 is 1. The Morgan fingerprint density at radius 1 is 1.10 bits per heavy atom. The van der Waals surface area contributed by atoms with Crippen molar-refractivity contribution in [3.8, 4) is 17.4 Å². The van der Waals surface area contributed by atoms with Crippen LogP contribution in [0.2, 0.25) is 0 Å². The van der Waals surface area contributed by atoms with E-state index in [4.69, 9.17) is 15.6 Å². The monoisotopic (exact) mass is 285 g/mol. The van der Waals surface area contributed by atoms with Crippen LogP contribution in [0.3, 0.4) is 0 Å². The number of hydrogen-bond acceptors (Lipinski definition) is 6. The summed E-state index contributed by atoms with van der Waals surface area (Å²) in [6.45, 7) is 0. The Balaban J connectivity index is 2.08. The van der Waals surface area contributed by atoms with Gasteiger partial charge < -0.3 is 10.2 Å². The summed E-state index contributed by atoms with van der Waals surface area (Å²) in [7, 11) is 1.59. The molecule has 0 bridgehead atoms. The highest BCUT2D eigenvalue weighted by atomic mass is 16.5. The van der Waals surface area contributed by atoms with Crippen molar-refractivity contribution in [3.63, 3.8) is 0 Å². The van der Waals surface area contributed by atoms with Gasteiger partial charge in [0.2, 0.25) is 5.88 Å². The maximum Gasteiger partial charge on any atom is 0.213 e. The second-order valence-corrected chi connectivity index (χ2v) is 5.09. The van der Waals surface area contributed by atoms with Gasteiger partial charge in [0, 0.05) is 17.3 Å². The molecule has 0 atom stereocenters. The van der Waals surface area contributed by atoms with Crippen LogP contribution in [-0.4, -0.2) is 22.1 Å². The summed E-state index contributed by atoms with van der Waals surface area (Å²) in [5, 5.41) is 0. The van der Waals surface area contributed by atoms with Crippen molar-refractivity contribution in [1.29, 1.82) is 0 Å². The average Bonchev–Trinajstić information content (AvgIpc) is 2.79. The molecule has 0 aliphatic heterocycles. The predicted molar refractivity (Wildman–Crippen MR) is 80.9 cm³/mol. The van der Waals surface area contributed by atoms with Gasteiger partial charge in [-0.3, -0.25) is 0 Å². The molecule has 0 saturated heterocycles. The SMILES string of the molecule is COc1cccc(-c2nc3c(c(NN)n2)CCCCC3)n1. The molecule has 6 heteroatoms. The Hall–Kier alpha value is -2.21. The van der Waals surface area contributed by atoms with Crippen LogP contribution in [0.15, 0.2) is 18.2 Å². The van der Waals surface area contributed by atoms with E-state index in [2.05, 4.69) is 15.4 Å². The second-order valence-electron chi connectivity index (χ2n) is 5.09. The molecule has 21 heavy (non-hydrogen) atoms. The van der Waals surface area contributed by atoms with Gasteiger partial charge in [-0.15, -0.1) is 0 Å². The van der Waals surface area contributed by atoms with Crippen LogP contribution in [0, 0.1) is 0 Å². The summed E-state index contributed by atoms with van der Waals surface area (Å²) in [4.78, 5) is 13.6. The number of ether oxygens (including phenoxy) is 1. The second kappa shape index (κ2) is 6.05. The van der Waals surface area contributed by atoms with Gasteiger partial charge in [0.1, 0.15) is 11.5 Å². The summed E-state index contributed by atoms with van der Waals surface area (Å²) in [6, 6.07) is 5.56. The topological polar surface area (TPSA) is 86.0 Å². The maximum absolute atomic E-state index is 5.64. The summed E-state index contributed by atoms with van der Waals surface area (Å²) in [5.74, 6) is 7.49. The number of aromatic nitrogens is 3. The van der Waals surface area contributed by atoms with Gasteiger partial charge in [-0.2, -0.15) is 0 Å². The lowest BCUT2D eigenvalue weighted by atomic mass is 10.1. The number of anilines is 1. The molecular weight excluding hydrogens is 266 g/mol. The minimum Gasteiger partial charge on any atom is -0.481 e. The third kappa shape index (κ3) is 2.80. The quantitative estimate of drug-likeness (QED) is 0.510. The number of hydrogen-bond donors (Lipinski definition) is 2. The molecule has 0 radical (unpaired) electrons. The lowest BCUT2D eigenvalue weighted by Gasteiger charge is -2.12. The standard InChI is InChI=1S/C15H19N5O/c1-21-13-9-5-8-12(17-13)15-18-11-7-4-2-3-6-10(11)14(19-15)20-16/h5,8-9H,2-4,6-7,16H2,1H3,(H,18,19,20). The molecule has 3 N–H and O–H groups in total. The number of nitrogens with two attached hydrogens (primary N) is 1. The van der Waals surface area contributed by atoms with Crippen LogP contribution in [0.4, 0.5) is 5.82 Å². The van der Waals surface area contributed by atoms with E-state index >= 15 is 0 Å². The summed E-state index contributed by atoms with van der Waals surface area (Å²) >= 11 is 0. The maximum atomic E-state index is 5.64. The average molecular weight is 285 g/mol. The van der Waals surface area contributed by atoms with E-state index in [1.807, 2.05) is 12.1 Å². The van der Waals surface area contributed by atoms with Gasteiger partial charge in [-0.1, -0.05) is 12.5 Å². The first kappa shape index (κ1) is 13.8. The largest absolute Gasteiger partial charge is 0.481 e. The molecule has 1 aliphatic rings. The van der Waals surface area contributed by atoms with E-state index in [0.29, 0.717) is 23.2 Å². The fourth-order valence-electron chi connectivity index (χ4n) is 2.66. The lowest BCUT2D eigenvalue weighted by Crippen LogP contribution is -2.14. The lowest BCUT2D eigenvalue weighted by molar-refractivity contribution is 0.398. The Bertz CT molecular complexity index is 644. The third-order valence-corrected chi connectivity index (χ3v) is 3.73. The zero-order valence-electron chi connectivity index (χ0n) is 12.1. The van der Waals surface area contributed by atoms with Crippen LogP contribution in [-0.2, 0) is 12.8 Å². The molecule has 2 aromatic rings. The van der Waals surface area contributed by atoms with Gasteiger partial charge in [0.05, 0.1) is 7.11 Å². The number of nitrogens with zero attached hydrogens (tertiary/aromatic N) is 3. The number of pyridine rings is 1. The van der Waals surface area contributed by atoms with E-state index in [0.717, 1.165) is 36.9 Å². The molecule has 0 saturated carbocycles. The molecule has 3 rings (SSSR count). The minimum atomic E-state index is 0.549. The van der Waals surface area contributed by atoms with Crippen LogP contribution < -0.4 is 16.0 Å². The zero-order valence-corrected chi connectivity index (χ0v) is 12.1. The fraction of sp³-hybridized carbons (Fsp3) is 0.400. The molecule has 0 amide bonds. The molecule has 110 valence electrons. The van der Waals surface area contributed by atoms with Gasteiger partial charge >= 0.3 is 0 Å². The normalized spacial score (nSPS) is 14.2. The van der Waals surface area contributed by atoms with Gasteiger partial charge in [-0.25, -0.2) is 20.8 Å². The Morgan fingerprint density at radius 2 is 1.95 bits per heavy atom. The van der Waals surface area contributed by atoms with Crippen molar-refractivity contribution < 1.29 is 4.74 Å². The number of hydrazine groups is 1. The molecule has 0 fully saturated rings. The number of rotatable bonds is 3. The van der Waals surface area contributed by atoms with Gasteiger partial charge in [0.15, 0.2) is 5.82 Å². The van der Waals surface area contributed by atoms with Crippen molar-refractivity contribution in [3.05, 3.63) is 29.5 Å². The molecular formula is C15H19N5O. The molecule has 0 unspecified atom stereocenters. The van der Waals surface area contributed by atoms with Crippen molar-refractivity contribution in [2.24, 2.45) is 5.84 Å². The van der Waals surface area contributed by atoms with E-state index in [9.17, 15) is 0 Å². The Labute approximate surface area is 123 Å². The van der Waals surface area contributed by atoms with E-state index in [1.54, 1.807) is 13.2 Å². The van der Waals surface area contributed by atoms with Gasteiger partial charge in [0.25, 0.3) is 0 Å². The molecule has 2 heterocycles. The molecule has 1 aliphatic carbocycles. The van der Waals surface area contributed by atoms with Crippen LogP contribution >= 0.6 is 0 Å². The molecule has 0 aromatic carbocycles. The highest BCUT2D eigenvalue weighted by molar-refractivity contribution is 5.57. The third-order valence-electron chi connectivity index (χ3n) is 3.73. The van der Waals surface area contributed by atoms with E-state index in [1.165, 1.54) is 6.42 Å². The smallest absolute Gasteiger partial charge is 0.213 e. The van der Waals surface area contributed by atoms with E-state index < -0.39 is 0 Å². The number of nitrogen functional groups attached to an aromatic ring is 1. The first-order valence-corrected chi connectivity index (χ1v) is 7.19. The summed E-state index contributed by atoms with van der Waals surface area (Å²) in [6.07, 6.45) is 5.46. The Morgan fingerprint density at radius 3 is 2.76 bits per heavy atom. The number of aryl methyl sites for hydroxylation is 1. The van der Waals surface area contributed by atoms with Crippen molar-refractivity contribution >= 4 is 5.82 Å². The van der Waals surface area contributed by atoms with Crippen molar-refractivity contribution in [2.75, 3.05) is 12.5 Å². The van der Waals surface area contributed by atoms with Crippen LogP contribution in [0.1, 0.15) is 30.5 Å². The van der Waals surface area contributed by atoms with E-state index in [-0.39, 0.29) is 0 Å². The highest BCUT2D eigenvalue weighted by Gasteiger charge is 2.17. The predicted octanol–water partition coefficient (Wildman–Crippen LogP) is 2.10. The molecule has 2 aromatic heterocycles. The van der Waals surface area contributed by atoms with Gasteiger partial charge in [-0.05, 0) is 31.7 Å². The Kier molecular flexibility index (Phi) is 3.96. The highest BCUT2D eigenvalue weighted by Crippen LogP contribution is 2.27. The van der Waals surface area contributed by atoms with Crippen molar-refractivity contribution in [2.45, 2.75) is 32.1 Å².